The molecule has 1 atom stereocenters. The highest BCUT2D eigenvalue weighted by molar-refractivity contribution is 9.09. The van der Waals surface area contributed by atoms with E-state index < -0.39 is 6.04 Å². The number of ether oxygens (including phenoxy) is 2. The topological polar surface area (TPSA) is 38.8 Å². The first-order valence-electron chi connectivity index (χ1n) is 12.3. The number of ketones is 1. The van der Waals surface area contributed by atoms with E-state index in [4.69, 9.17) is 9.47 Å². The molecule has 188 valence electrons. The molecule has 0 N–H and O–H groups in total. The normalized spacial score (nSPS) is 14.6. The molecular formula is C31H27BrFNO3. The molecule has 0 radical (unpaired) electrons. The van der Waals surface area contributed by atoms with Gasteiger partial charge >= 0.3 is 0 Å². The number of benzene rings is 4. The fourth-order valence-corrected chi connectivity index (χ4v) is 4.82. The number of alkyl halides is 1. The van der Waals surface area contributed by atoms with Crippen molar-refractivity contribution in [1.29, 1.82) is 0 Å². The Balaban J connectivity index is 1.45. The van der Waals surface area contributed by atoms with Crippen LogP contribution >= 0.6 is 15.9 Å². The van der Waals surface area contributed by atoms with Crippen molar-refractivity contribution in [3.8, 4) is 11.5 Å². The molecule has 4 nitrogen and oxygen atoms in total. The molecule has 0 bridgehead atoms. The lowest BCUT2D eigenvalue weighted by atomic mass is 9.87. The smallest absolute Gasteiger partial charge is 0.189 e. The lowest BCUT2D eigenvalue weighted by molar-refractivity contribution is 0.0954. The average molecular weight is 560 g/mol. The van der Waals surface area contributed by atoms with Crippen LogP contribution in [-0.2, 0) is 13.0 Å². The van der Waals surface area contributed by atoms with Gasteiger partial charge in [-0.25, -0.2) is 4.39 Å². The van der Waals surface area contributed by atoms with Gasteiger partial charge in [0.05, 0.1) is 6.61 Å². The van der Waals surface area contributed by atoms with Crippen LogP contribution in [0, 0.1) is 5.82 Å². The van der Waals surface area contributed by atoms with Gasteiger partial charge in [-0.2, -0.15) is 0 Å². The summed E-state index contributed by atoms with van der Waals surface area (Å²) in [7, 11) is 0. The monoisotopic (exact) mass is 559 g/mol. The average Bonchev–Trinajstić information content (AvgIpc) is 2.95. The summed E-state index contributed by atoms with van der Waals surface area (Å²) in [5.41, 5.74) is 4.53. The minimum Gasteiger partial charge on any atom is -0.493 e. The van der Waals surface area contributed by atoms with E-state index in [-0.39, 0.29) is 11.6 Å². The van der Waals surface area contributed by atoms with Gasteiger partial charge in [0.25, 0.3) is 0 Å². The third kappa shape index (κ3) is 5.86. The molecule has 0 aromatic heterocycles. The maximum atomic E-state index is 13.9. The van der Waals surface area contributed by atoms with Crippen LogP contribution in [0.3, 0.4) is 0 Å². The SMILES string of the molecule is O=C(c1ccc(OCCBr)cc1)C1c2ccc(OCc3ccccc3)cc2CCN1c1ccc(F)cc1. The number of hydrogen-bond donors (Lipinski definition) is 0. The third-order valence-electron chi connectivity index (χ3n) is 6.48. The fraction of sp³-hybridized carbons (Fsp3) is 0.194. The van der Waals surface area contributed by atoms with Crippen LogP contribution in [0.25, 0.3) is 0 Å². The molecule has 4 aromatic rings. The second kappa shape index (κ2) is 11.6. The molecule has 1 aliphatic rings. The van der Waals surface area contributed by atoms with Gasteiger partial charge in [-0.3, -0.25) is 4.79 Å². The summed E-state index contributed by atoms with van der Waals surface area (Å²) in [5.74, 6) is 1.17. The minimum absolute atomic E-state index is 0.0183. The maximum Gasteiger partial charge on any atom is 0.189 e. The Hall–Kier alpha value is -3.64. The highest BCUT2D eigenvalue weighted by Gasteiger charge is 2.34. The zero-order valence-electron chi connectivity index (χ0n) is 20.3. The van der Waals surface area contributed by atoms with Crippen LogP contribution in [0.4, 0.5) is 10.1 Å². The van der Waals surface area contributed by atoms with Crippen LogP contribution in [0.15, 0.2) is 97.1 Å². The van der Waals surface area contributed by atoms with Crippen molar-refractivity contribution in [3.63, 3.8) is 0 Å². The lowest BCUT2D eigenvalue weighted by Gasteiger charge is -2.38. The zero-order chi connectivity index (χ0) is 25.6. The first-order valence-corrected chi connectivity index (χ1v) is 13.4. The predicted molar refractivity (Wildman–Crippen MR) is 147 cm³/mol. The minimum atomic E-state index is -0.535. The number of hydrogen-bond acceptors (Lipinski definition) is 4. The molecule has 0 aliphatic carbocycles. The molecule has 5 rings (SSSR count). The van der Waals surface area contributed by atoms with E-state index in [0.717, 1.165) is 45.6 Å². The number of Topliss-reactive ketones (excluding diaryl/α,β-unsaturated/α-hetero) is 1. The molecule has 0 amide bonds. The van der Waals surface area contributed by atoms with Crippen molar-refractivity contribution >= 4 is 27.4 Å². The van der Waals surface area contributed by atoms with Gasteiger partial charge in [-0.1, -0.05) is 52.3 Å². The van der Waals surface area contributed by atoms with Crippen LogP contribution in [0.5, 0.6) is 11.5 Å². The van der Waals surface area contributed by atoms with E-state index in [0.29, 0.717) is 25.3 Å². The Kier molecular flexibility index (Phi) is 7.85. The first kappa shape index (κ1) is 25.0. The lowest BCUT2D eigenvalue weighted by Crippen LogP contribution is -2.40. The molecule has 0 saturated heterocycles. The molecule has 0 fully saturated rings. The van der Waals surface area contributed by atoms with Crippen LogP contribution in [0.1, 0.15) is 33.1 Å². The Morgan fingerprint density at radius 3 is 2.35 bits per heavy atom. The summed E-state index contributed by atoms with van der Waals surface area (Å²) in [5, 5.41) is 0.732. The van der Waals surface area contributed by atoms with Crippen molar-refractivity contribution in [1.82, 2.24) is 0 Å². The van der Waals surface area contributed by atoms with Gasteiger partial charge in [-0.05, 0) is 83.8 Å². The van der Waals surface area contributed by atoms with Gasteiger partial charge in [-0.15, -0.1) is 0 Å². The van der Waals surface area contributed by atoms with E-state index in [1.807, 2.05) is 60.7 Å². The van der Waals surface area contributed by atoms with Gasteiger partial charge < -0.3 is 14.4 Å². The second-order valence-corrected chi connectivity index (χ2v) is 9.68. The maximum absolute atomic E-state index is 13.9. The van der Waals surface area contributed by atoms with Gasteiger partial charge in [0.1, 0.15) is 30.0 Å². The Labute approximate surface area is 224 Å². The highest BCUT2D eigenvalue weighted by atomic mass is 79.9. The molecule has 1 unspecified atom stereocenters. The van der Waals surface area contributed by atoms with Gasteiger partial charge in [0.15, 0.2) is 5.78 Å². The molecule has 0 spiro atoms. The summed E-state index contributed by atoms with van der Waals surface area (Å²) < 4.78 is 25.4. The van der Waals surface area contributed by atoms with E-state index in [2.05, 4.69) is 20.8 Å². The predicted octanol–water partition coefficient (Wildman–Crippen LogP) is 7.17. The van der Waals surface area contributed by atoms with Crippen molar-refractivity contribution in [2.24, 2.45) is 0 Å². The number of carbonyl (C=O) groups is 1. The number of anilines is 1. The molecule has 6 heteroatoms. The number of rotatable bonds is 9. The van der Waals surface area contributed by atoms with E-state index in [1.165, 1.54) is 12.1 Å². The second-order valence-electron chi connectivity index (χ2n) is 8.88. The molecular weight excluding hydrogens is 533 g/mol. The standard InChI is InChI=1S/C31H27BrFNO3/c32-17-19-36-27-12-6-23(7-13-27)31(35)30-29-15-14-28(37-21-22-4-2-1-3-5-22)20-24(29)16-18-34(30)26-10-8-25(33)9-11-26/h1-15,20,30H,16-19,21H2. The molecule has 4 aromatic carbocycles. The summed E-state index contributed by atoms with van der Waals surface area (Å²) in [4.78, 5) is 16.0. The summed E-state index contributed by atoms with van der Waals surface area (Å²) in [6.45, 7) is 1.66. The van der Waals surface area contributed by atoms with Crippen LogP contribution in [-0.4, -0.2) is 24.3 Å². The van der Waals surface area contributed by atoms with Crippen molar-refractivity contribution in [2.45, 2.75) is 19.1 Å². The number of fused-ring (bicyclic) bond motifs is 1. The van der Waals surface area contributed by atoms with Crippen molar-refractivity contribution in [3.05, 3.63) is 125 Å². The Morgan fingerprint density at radius 2 is 1.62 bits per heavy atom. The van der Waals surface area contributed by atoms with E-state index >= 15 is 0 Å². The van der Waals surface area contributed by atoms with Crippen molar-refractivity contribution in [2.75, 3.05) is 23.4 Å². The highest BCUT2D eigenvalue weighted by Crippen LogP contribution is 2.38. The van der Waals surface area contributed by atoms with Crippen LogP contribution < -0.4 is 14.4 Å². The fourth-order valence-electron chi connectivity index (χ4n) is 4.66. The molecule has 1 heterocycles. The number of halogens is 2. The summed E-state index contributed by atoms with van der Waals surface area (Å²) >= 11 is 3.35. The Morgan fingerprint density at radius 1 is 0.892 bits per heavy atom. The number of nitrogens with zero attached hydrogens (tertiary/aromatic N) is 1. The van der Waals surface area contributed by atoms with Crippen LogP contribution in [0.2, 0.25) is 0 Å². The van der Waals surface area contributed by atoms with E-state index in [9.17, 15) is 9.18 Å². The van der Waals surface area contributed by atoms with Gasteiger partial charge in [0, 0.05) is 23.1 Å². The Bertz CT molecular complexity index is 1340. The quantitative estimate of drug-likeness (QED) is 0.161. The van der Waals surface area contributed by atoms with Crippen molar-refractivity contribution < 1.29 is 18.7 Å². The first-order chi connectivity index (χ1) is 18.1. The summed E-state index contributed by atoms with van der Waals surface area (Å²) in [6, 6.07) is 29.0. The summed E-state index contributed by atoms with van der Waals surface area (Å²) in [6.07, 6.45) is 0.748. The molecule has 0 saturated carbocycles. The molecule has 37 heavy (non-hydrogen) atoms. The largest absolute Gasteiger partial charge is 0.493 e. The zero-order valence-corrected chi connectivity index (χ0v) is 21.9. The van der Waals surface area contributed by atoms with Gasteiger partial charge in [0.2, 0.25) is 0 Å². The van der Waals surface area contributed by atoms with E-state index in [1.54, 1.807) is 24.3 Å². The molecule has 1 aliphatic heterocycles. The number of carbonyl (C=O) groups excluding carboxylic acids is 1. The third-order valence-corrected chi connectivity index (χ3v) is 6.81.